The Bertz CT molecular complexity index is 381. The maximum atomic E-state index is 11.7. The molecule has 1 unspecified atom stereocenters. The van der Waals surface area contributed by atoms with Gasteiger partial charge in [-0.3, -0.25) is 4.79 Å². The van der Waals surface area contributed by atoms with E-state index in [9.17, 15) is 4.79 Å². The summed E-state index contributed by atoms with van der Waals surface area (Å²) in [5.41, 5.74) is 9.64. The summed E-state index contributed by atoms with van der Waals surface area (Å²) in [5.74, 6) is -0.0388. The van der Waals surface area contributed by atoms with Crippen molar-refractivity contribution in [3.05, 3.63) is 34.9 Å². The van der Waals surface area contributed by atoms with E-state index in [1.54, 1.807) is 0 Å². The Morgan fingerprint density at radius 1 is 1.33 bits per heavy atom. The number of nitrogens with one attached hydrogen (secondary N) is 1. The van der Waals surface area contributed by atoms with Crippen molar-refractivity contribution in [2.24, 2.45) is 5.73 Å². The van der Waals surface area contributed by atoms with Gasteiger partial charge in [-0.2, -0.15) is 0 Å². The van der Waals surface area contributed by atoms with Crippen molar-refractivity contribution < 1.29 is 4.79 Å². The van der Waals surface area contributed by atoms with Crippen molar-refractivity contribution in [1.82, 2.24) is 5.32 Å². The highest BCUT2D eigenvalue weighted by Crippen LogP contribution is 2.13. The first-order valence-electron chi connectivity index (χ1n) is 6.64. The van der Waals surface area contributed by atoms with E-state index in [2.05, 4.69) is 37.4 Å². The smallest absolute Gasteiger partial charge is 0.236 e. The average Bonchev–Trinajstić information content (AvgIpc) is 2.33. The van der Waals surface area contributed by atoms with Gasteiger partial charge in [0.25, 0.3) is 0 Å². The number of nitrogens with two attached hydrogens (primary N) is 1. The number of rotatable bonds is 6. The average molecular weight is 248 g/mol. The number of benzene rings is 1. The zero-order chi connectivity index (χ0) is 13.5. The van der Waals surface area contributed by atoms with Crippen LogP contribution in [0.1, 0.15) is 36.5 Å². The minimum Gasteiger partial charge on any atom is -0.354 e. The fourth-order valence-electron chi connectivity index (χ4n) is 2.13. The molecule has 0 heterocycles. The lowest BCUT2D eigenvalue weighted by Crippen LogP contribution is -2.41. The Balaban J connectivity index is 2.44. The van der Waals surface area contributed by atoms with Gasteiger partial charge < -0.3 is 11.1 Å². The Kier molecular flexibility index (Phi) is 5.86. The second-order valence-electron chi connectivity index (χ2n) is 4.81. The Morgan fingerprint density at radius 2 is 1.94 bits per heavy atom. The molecule has 1 aromatic carbocycles. The van der Waals surface area contributed by atoms with Gasteiger partial charge in [-0.15, -0.1) is 0 Å². The molecule has 0 spiro atoms. The van der Waals surface area contributed by atoms with Crippen LogP contribution in [0.3, 0.4) is 0 Å². The van der Waals surface area contributed by atoms with E-state index in [1.165, 1.54) is 16.7 Å². The molecule has 0 aliphatic carbocycles. The number of aryl methyl sites for hydroxylation is 2. The summed E-state index contributed by atoms with van der Waals surface area (Å²) < 4.78 is 0. The lowest BCUT2D eigenvalue weighted by molar-refractivity contribution is -0.122. The fraction of sp³-hybridized carbons (Fsp3) is 0.533. The third-order valence-corrected chi connectivity index (χ3v) is 3.26. The van der Waals surface area contributed by atoms with Crippen LogP contribution in [0.5, 0.6) is 0 Å². The van der Waals surface area contributed by atoms with Gasteiger partial charge >= 0.3 is 0 Å². The summed E-state index contributed by atoms with van der Waals surface area (Å²) in [4.78, 5) is 11.7. The normalized spacial score (nSPS) is 12.2. The largest absolute Gasteiger partial charge is 0.354 e. The molecule has 1 atom stereocenters. The zero-order valence-electron chi connectivity index (χ0n) is 11.6. The fourth-order valence-corrected chi connectivity index (χ4v) is 2.13. The SMILES string of the molecule is CCCC(N)C(=O)NCCc1c(C)cccc1C. The molecule has 1 rings (SSSR count). The lowest BCUT2D eigenvalue weighted by atomic mass is 10.0. The van der Waals surface area contributed by atoms with Gasteiger partial charge in [0.1, 0.15) is 0 Å². The first-order chi connectivity index (χ1) is 8.56. The molecule has 0 aliphatic rings. The second kappa shape index (κ2) is 7.17. The molecular weight excluding hydrogens is 224 g/mol. The Hall–Kier alpha value is -1.35. The molecule has 18 heavy (non-hydrogen) atoms. The molecule has 1 amide bonds. The number of amides is 1. The van der Waals surface area contributed by atoms with E-state index in [-0.39, 0.29) is 11.9 Å². The molecule has 0 aliphatic heterocycles. The first-order valence-corrected chi connectivity index (χ1v) is 6.64. The monoisotopic (exact) mass is 248 g/mol. The number of carbonyl (C=O) groups is 1. The standard InChI is InChI=1S/C15H24N2O/c1-4-6-14(16)15(18)17-10-9-13-11(2)7-5-8-12(13)3/h5,7-8,14H,4,6,9-10,16H2,1-3H3,(H,17,18). The first kappa shape index (κ1) is 14.7. The summed E-state index contributed by atoms with van der Waals surface area (Å²) in [5, 5.41) is 2.91. The van der Waals surface area contributed by atoms with Crippen LogP contribution in [-0.4, -0.2) is 18.5 Å². The molecule has 0 saturated carbocycles. The van der Waals surface area contributed by atoms with Gasteiger partial charge in [0.2, 0.25) is 5.91 Å². The molecule has 0 saturated heterocycles. The molecule has 3 nitrogen and oxygen atoms in total. The van der Waals surface area contributed by atoms with Crippen LogP contribution in [-0.2, 0) is 11.2 Å². The van der Waals surface area contributed by atoms with E-state index in [1.807, 2.05) is 6.92 Å². The quantitative estimate of drug-likeness (QED) is 0.810. The minimum atomic E-state index is -0.368. The minimum absolute atomic E-state index is 0.0388. The van der Waals surface area contributed by atoms with E-state index < -0.39 is 0 Å². The zero-order valence-corrected chi connectivity index (χ0v) is 11.6. The van der Waals surface area contributed by atoms with Crippen molar-refractivity contribution in [2.45, 2.75) is 46.1 Å². The molecule has 0 aromatic heterocycles. The molecular formula is C15H24N2O. The predicted molar refractivity (Wildman–Crippen MR) is 75.5 cm³/mol. The lowest BCUT2D eigenvalue weighted by Gasteiger charge is -2.13. The van der Waals surface area contributed by atoms with Gasteiger partial charge in [-0.05, 0) is 43.4 Å². The summed E-state index contributed by atoms with van der Waals surface area (Å²) in [7, 11) is 0. The van der Waals surface area contributed by atoms with Crippen molar-refractivity contribution in [2.75, 3.05) is 6.54 Å². The van der Waals surface area contributed by atoms with Crippen LogP contribution >= 0.6 is 0 Å². The molecule has 0 bridgehead atoms. The third kappa shape index (κ3) is 4.15. The molecule has 1 aromatic rings. The molecule has 3 heteroatoms. The van der Waals surface area contributed by atoms with E-state index >= 15 is 0 Å². The number of carbonyl (C=O) groups excluding carboxylic acids is 1. The molecule has 0 fully saturated rings. The second-order valence-corrected chi connectivity index (χ2v) is 4.81. The highest BCUT2D eigenvalue weighted by Gasteiger charge is 2.11. The van der Waals surface area contributed by atoms with E-state index in [0.29, 0.717) is 6.54 Å². The van der Waals surface area contributed by atoms with Crippen molar-refractivity contribution in [3.8, 4) is 0 Å². The van der Waals surface area contributed by atoms with Crippen LogP contribution in [0, 0.1) is 13.8 Å². The third-order valence-electron chi connectivity index (χ3n) is 3.26. The number of hydrogen-bond acceptors (Lipinski definition) is 2. The molecule has 0 radical (unpaired) electrons. The van der Waals surface area contributed by atoms with Gasteiger partial charge in [0.05, 0.1) is 6.04 Å². The van der Waals surface area contributed by atoms with E-state index in [0.717, 1.165) is 19.3 Å². The van der Waals surface area contributed by atoms with Crippen LogP contribution < -0.4 is 11.1 Å². The van der Waals surface area contributed by atoms with Crippen LogP contribution in [0.4, 0.5) is 0 Å². The maximum absolute atomic E-state index is 11.7. The van der Waals surface area contributed by atoms with Crippen LogP contribution in [0.2, 0.25) is 0 Å². The van der Waals surface area contributed by atoms with Crippen LogP contribution in [0.15, 0.2) is 18.2 Å². The van der Waals surface area contributed by atoms with Crippen molar-refractivity contribution in [3.63, 3.8) is 0 Å². The van der Waals surface area contributed by atoms with Crippen molar-refractivity contribution >= 4 is 5.91 Å². The predicted octanol–water partition coefficient (Wildman–Crippen LogP) is 2.09. The number of hydrogen-bond donors (Lipinski definition) is 2. The summed E-state index contributed by atoms with van der Waals surface area (Å²) in [6.45, 7) is 6.89. The van der Waals surface area contributed by atoms with E-state index in [4.69, 9.17) is 5.73 Å². The van der Waals surface area contributed by atoms with Crippen LogP contribution in [0.25, 0.3) is 0 Å². The highest BCUT2D eigenvalue weighted by atomic mass is 16.2. The molecule has 100 valence electrons. The van der Waals surface area contributed by atoms with Crippen molar-refractivity contribution in [1.29, 1.82) is 0 Å². The Morgan fingerprint density at radius 3 is 2.50 bits per heavy atom. The summed E-state index contributed by atoms with van der Waals surface area (Å²) >= 11 is 0. The summed E-state index contributed by atoms with van der Waals surface area (Å²) in [6.07, 6.45) is 2.55. The van der Waals surface area contributed by atoms with Gasteiger partial charge in [0, 0.05) is 6.54 Å². The maximum Gasteiger partial charge on any atom is 0.236 e. The van der Waals surface area contributed by atoms with Gasteiger partial charge in [-0.25, -0.2) is 0 Å². The summed E-state index contributed by atoms with van der Waals surface area (Å²) in [6, 6.07) is 5.90. The highest BCUT2D eigenvalue weighted by molar-refractivity contribution is 5.81. The topological polar surface area (TPSA) is 55.1 Å². The van der Waals surface area contributed by atoms with Gasteiger partial charge in [-0.1, -0.05) is 31.5 Å². The Labute approximate surface area is 110 Å². The van der Waals surface area contributed by atoms with Gasteiger partial charge in [0.15, 0.2) is 0 Å². The molecule has 3 N–H and O–H groups in total.